The van der Waals surface area contributed by atoms with Crippen LogP contribution in [0.1, 0.15) is 27.7 Å². The molecule has 2 aromatic carbocycles. The summed E-state index contributed by atoms with van der Waals surface area (Å²) < 4.78 is 31.9. The van der Waals surface area contributed by atoms with Gasteiger partial charge >= 0.3 is 5.88 Å². The Kier molecular flexibility index (Phi) is 5.77. The molecular formula is C22H19F2N3O4. The van der Waals surface area contributed by atoms with Crippen molar-refractivity contribution in [2.75, 3.05) is 26.2 Å². The number of amides is 1. The molecule has 2 heterocycles. The van der Waals surface area contributed by atoms with Crippen LogP contribution in [0.3, 0.4) is 0 Å². The van der Waals surface area contributed by atoms with Crippen molar-refractivity contribution < 1.29 is 22.9 Å². The van der Waals surface area contributed by atoms with Gasteiger partial charge in [0.05, 0.1) is 12.1 Å². The van der Waals surface area contributed by atoms with Crippen LogP contribution in [0, 0.1) is 21.7 Å². The Morgan fingerprint density at radius 3 is 1.84 bits per heavy atom. The Hall–Kier alpha value is -3.59. The number of carbonyl (C=O) groups is 1. The predicted molar refractivity (Wildman–Crippen MR) is 107 cm³/mol. The van der Waals surface area contributed by atoms with Crippen molar-refractivity contribution in [2.24, 2.45) is 0 Å². The van der Waals surface area contributed by atoms with E-state index in [1.165, 1.54) is 30.3 Å². The minimum Gasteiger partial charge on any atom is -0.395 e. The summed E-state index contributed by atoms with van der Waals surface area (Å²) in [6.07, 6.45) is 0. The summed E-state index contributed by atoms with van der Waals surface area (Å²) in [6, 6.07) is 14.5. The molecule has 4 rings (SSSR count). The summed E-state index contributed by atoms with van der Waals surface area (Å²) >= 11 is 0. The van der Waals surface area contributed by atoms with E-state index >= 15 is 0 Å². The molecule has 0 spiro atoms. The molecule has 1 fully saturated rings. The minimum absolute atomic E-state index is 0.0752. The molecule has 1 aromatic heterocycles. The minimum atomic E-state index is -0.690. The Bertz CT molecular complexity index is 1030. The van der Waals surface area contributed by atoms with Gasteiger partial charge in [0.1, 0.15) is 16.6 Å². The first-order valence-corrected chi connectivity index (χ1v) is 9.71. The highest BCUT2D eigenvalue weighted by Crippen LogP contribution is 2.30. The van der Waals surface area contributed by atoms with Crippen LogP contribution in [0.25, 0.3) is 0 Å². The second kappa shape index (κ2) is 8.65. The molecule has 1 aliphatic rings. The SMILES string of the molecule is O=C(c1ccc([N+](=O)[O-])o1)N1CCN(C(c2ccc(F)cc2)c2ccc(F)cc2)CC1. The van der Waals surface area contributed by atoms with Gasteiger partial charge in [0.2, 0.25) is 0 Å². The first-order chi connectivity index (χ1) is 14.9. The van der Waals surface area contributed by atoms with Gasteiger partial charge in [-0.15, -0.1) is 0 Å². The van der Waals surface area contributed by atoms with E-state index in [1.807, 2.05) is 0 Å². The maximum absolute atomic E-state index is 13.4. The topological polar surface area (TPSA) is 79.8 Å². The molecular weight excluding hydrogens is 408 g/mol. The smallest absolute Gasteiger partial charge is 0.395 e. The van der Waals surface area contributed by atoms with E-state index in [4.69, 9.17) is 4.42 Å². The molecule has 1 saturated heterocycles. The summed E-state index contributed by atoms with van der Waals surface area (Å²) in [5.74, 6) is -1.65. The molecule has 160 valence electrons. The maximum atomic E-state index is 13.4. The zero-order chi connectivity index (χ0) is 22.0. The van der Waals surface area contributed by atoms with E-state index in [0.717, 1.165) is 17.2 Å². The number of halogens is 2. The third kappa shape index (κ3) is 4.46. The second-order valence-corrected chi connectivity index (χ2v) is 7.23. The highest BCUT2D eigenvalue weighted by Gasteiger charge is 2.30. The van der Waals surface area contributed by atoms with Crippen molar-refractivity contribution >= 4 is 11.8 Å². The molecule has 31 heavy (non-hydrogen) atoms. The van der Waals surface area contributed by atoms with Crippen LogP contribution < -0.4 is 0 Å². The summed E-state index contributed by atoms with van der Waals surface area (Å²) in [6.45, 7) is 1.78. The van der Waals surface area contributed by atoms with Crippen LogP contribution in [0.4, 0.5) is 14.7 Å². The van der Waals surface area contributed by atoms with Crippen molar-refractivity contribution in [2.45, 2.75) is 6.04 Å². The van der Waals surface area contributed by atoms with E-state index < -0.39 is 16.7 Å². The van der Waals surface area contributed by atoms with Crippen molar-refractivity contribution in [1.82, 2.24) is 9.80 Å². The van der Waals surface area contributed by atoms with Gasteiger partial charge in [-0.1, -0.05) is 24.3 Å². The van der Waals surface area contributed by atoms with Gasteiger partial charge in [-0.3, -0.25) is 19.8 Å². The first kappa shape index (κ1) is 20.7. The van der Waals surface area contributed by atoms with Crippen LogP contribution in [-0.2, 0) is 0 Å². The molecule has 0 atom stereocenters. The lowest BCUT2D eigenvalue weighted by Gasteiger charge is -2.39. The van der Waals surface area contributed by atoms with Gasteiger partial charge in [-0.2, -0.15) is 0 Å². The number of rotatable bonds is 5. The van der Waals surface area contributed by atoms with Crippen molar-refractivity contribution in [3.63, 3.8) is 0 Å². The number of hydrogen-bond acceptors (Lipinski definition) is 5. The third-order valence-corrected chi connectivity index (χ3v) is 5.32. The number of benzene rings is 2. The summed E-state index contributed by atoms with van der Waals surface area (Å²) in [5, 5.41) is 10.8. The number of piperazine rings is 1. The third-order valence-electron chi connectivity index (χ3n) is 5.32. The number of hydrogen-bond donors (Lipinski definition) is 0. The summed E-state index contributed by atoms with van der Waals surface area (Å²) in [5.41, 5.74) is 1.71. The standard InChI is InChI=1S/C22H19F2N3O4/c23-17-5-1-15(2-6-17)21(16-3-7-18(24)8-4-16)25-11-13-26(14-12-25)22(28)19-9-10-20(31-19)27(29)30/h1-10,21H,11-14H2. The lowest BCUT2D eigenvalue weighted by molar-refractivity contribution is -0.402. The van der Waals surface area contributed by atoms with E-state index in [9.17, 15) is 23.7 Å². The van der Waals surface area contributed by atoms with Gasteiger partial charge in [-0.05, 0) is 41.5 Å². The molecule has 3 aromatic rings. The zero-order valence-electron chi connectivity index (χ0n) is 16.4. The Morgan fingerprint density at radius 1 is 0.871 bits per heavy atom. The fourth-order valence-electron chi connectivity index (χ4n) is 3.78. The molecule has 0 aliphatic carbocycles. The van der Waals surface area contributed by atoms with Crippen molar-refractivity contribution in [3.8, 4) is 0 Å². The predicted octanol–water partition coefficient (Wildman–Crippen LogP) is 4.01. The van der Waals surface area contributed by atoms with Gasteiger partial charge in [0.25, 0.3) is 5.91 Å². The zero-order valence-corrected chi connectivity index (χ0v) is 16.4. The quantitative estimate of drug-likeness (QED) is 0.454. The molecule has 0 radical (unpaired) electrons. The largest absolute Gasteiger partial charge is 0.433 e. The molecule has 1 aliphatic heterocycles. The molecule has 0 saturated carbocycles. The van der Waals surface area contributed by atoms with E-state index in [-0.39, 0.29) is 23.4 Å². The molecule has 0 bridgehead atoms. The molecule has 0 unspecified atom stereocenters. The van der Waals surface area contributed by atoms with Crippen LogP contribution in [0.15, 0.2) is 65.1 Å². The summed E-state index contributed by atoms with van der Waals surface area (Å²) in [7, 11) is 0. The molecule has 7 nitrogen and oxygen atoms in total. The van der Waals surface area contributed by atoms with Gasteiger partial charge in [0.15, 0.2) is 5.76 Å². The fraction of sp³-hybridized carbons (Fsp3) is 0.227. The average Bonchev–Trinajstić information content (AvgIpc) is 3.27. The lowest BCUT2D eigenvalue weighted by Crippen LogP contribution is -2.49. The van der Waals surface area contributed by atoms with E-state index in [2.05, 4.69) is 4.90 Å². The number of furan rings is 1. The number of nitrogens with zero attached hydrogens (tertiary/aromatic N) is 3. The van der Waals surface area contributed by atoms with Gasteiger partial charge < -0.3 is 9.32 Å². The molecule has 0 N–H and O–H groups in total. The summed E-state index contributed by atoms with van der Waals surface area (Å²) in [4.78, 5) is 26.4. The Labute approximate surface area is 176 Å². The Balaban J connectivity index is 1.52. The number of nitro groups is 1. The fourth-order valence-corrected chi connectivity index (χ4v) is 3.78. The van der Waals surface area contributed by atoms with Crippen LogP contribution in [-0.4, -0.2) is 46.8 Å². The number of carbonyl (C=O) groups excluding carboxylic acids is 1. The van der Waals surface area contributed by atoms with Crippen molar-refractivity contribution in [3.05, 3.63) is 99.3 Å². The highest BCUT2D eigenvalue weighted by molar-refractivity contribution is 5.91. The van der Waals surface area contributed by atoms with Gasteiger partial charge in [0, 0.05) is 26.2 Å². The van der Waals surface area contributed by atoms with Crippen molar-refractivity contribution in [1.29, 1.82) is 0 Å². The van der Waals surface area contributed by atoms with Crippen LogP contribution in [0.2, 0.25) is 0 Å². The maximum Gasteiger partial charge on any atom is 0.433 e. The van der Waals surface area contributed by atoms with Crippen LogP contribution >= 0.6 is 0 Å². The van der Waals surface area contributed by atoms with Crippen LogP contribution in [0.5, 0.6) is 0 Å². The van der Waals surface area contributed by atoms with Gasteiger partial charge in [-0.25, -0.2) is 8.78 Å². The first-order valence-electron chi connectivity index (χ1n) is 9.71. The monoisotopic (exact) mass is 427 g/mol. The molecule has 9 heteroatoms. The Morgan fingerprint density at radius 2 is 1.39 bits per heavy atom. The normalized spacial score (nSPS) is 14.7. The van der Waals surface area contributed by atoms with E-state index in [0.29, 0.717) is 26.2 Å². The molecule has 1 amide bonds. The lowest BCUT2D eigenvalue weighted by atomic mass is 9.96. The second-order valence-electron chi connectivity index (χ2n) is 7.23. The van der Waals surface area contributed by atoms with E-state index in [1.54, 1.807) is 29.2 Å². The highest BCUT2D eigenvalue weighted by atomic mass is 19.1. The average molecular weight is 427 g/mol.